The Morgan fingerprint density at radius 3 is 2.44 bits per heavy atom. The van der Waals surface area contributed by atoms with Gasteiger partial charge in [0.1, 0.15) is 13.2 Å². The molecular weight excluding hydrogens is 294 g/mol. The highest BCUT2D eigenvalue weighted by molar-refractivity contribution is 9.10. The molecule has 0 aliphatic carbocycles. The van der Waals surface area contributed by atoms with Gasteiger partial charge in [0.05, 0.1) is 0 Å². The van der Waals surface area contributed by atoms with Gasteiger partial charge < -0.3 is 14.8 Å². The molecule has 18 heavy (non-hydrogen) atoms. The molecule has 1 N–H and O–H groups in total. The summed E-state index contributed by atoms with van der Waals surface area (Å²) in [4.78, 5) is 0. The largest absolute Gasteiger partial charge is 0.486 e. The molecule has 100 valence electrons. The van der Waals surface area contributed by atoms with Crippen LogP contribution in [0.1, 0.15) is 31.9 Å². The standard InChI is InChI=1S/C14H20BrNO2/c1-4-9(2)14(16-3)10-7-12-13(8-11(10)15)18-6-5-17-12/h7-9,14,16H,4-6H2,1-3H3. The predicted molar refractivity (Wildman–Crippen MR) is 76.4 cm³/mol. The van der Waals surface area contributed by atoms with Crippen LogP contribution in [0.3, 0.4) is 0 Å². The highest BCUT2D eigenvalue weighted by atomic mass is 79.9. The van der Waals surface area contributed by atoms with Crippen molar-refractivity contribution in [1.82, 2.24) is 5.32 Å². The molecule has 1 aromatic carbocycles. The Bertz CT molecular complexity index is 423. The van der Waals surface area contributed by atoms with E-state index in [0.29, 0.717) is 25.2 Å². The van der Waals surface area contributed by atoms with Gasteiger partial charge in [-0.1, -0.05) is 36.2 Å². The Balaban J connectivity index is 2.37. The lowest BCUT2D eigenvalue weighted by Crippen LogP contribution is -2.24. The minimum absolute atomic E-state index is 0.320. The quantitative estimate of drug-likeness (QED) is 0.922. The third kappa shape index (κ3) is 2.64. The predicted octanol–water partition coefficient (Wildman–Crippen LogP) is 3.53. The minimum atomic E-state index is 0.320. The van der Waals surface area contributed by atoms with Crippen molar-refractivity contribution in [3.8, 4) is 11.5 Å². The molecule has 1 aliphatic heterocycles. The molecule has 0 aromatic heterocycles. The van der Waals surface area contributed by atoms with Crippen LogP contribution in [0.15, 0.2) is 16.6 Å². The molecule has 0 fully saturated rings. The fourth-order valence-electron chi connectivity index (χ4n) is 2.30. The molecule has 0 spiro atoms. The lowest BCUT2D eigenvalue weighted by atomic mass is 9.92. The zero-order valence-corrected chi connectivity index (χ0v) is 12.7. The van der Waals surface area contributed by atoms with E-state index in [1.54, 1.807) is 0 Å². The summed E-state index contributed by atoms with van der Waals surface area (Å²) in [5, 5.41) is 3.39. The van der Waals surface area contributed by atoms with E-state index in [0.717, 1.165) is 22.4 Å². The molecule has 0 saturated heterocycles. The Labute approximate surface area is 117 Å². The van der Waals surface area contributed by atoms with Crippen LogP contribution in [0.5, 0.6) is 11.5 Å². The first-order chi connectivity index (χ1) is 8.67. The molecule has 2 rings (SSSR count). The maximum Gasteiger partial charge on any atom is 0.162 e. The first-order valence-electron chi connectivity index (χ1n) is 6.43. The number of benzene rings is 1. The molecule has 0 saturated carbocycles. The summed E-state index contributed by atoms with van der Waals surface area (Å²) in [5.74, 6) is 2.24. The van der Waals surface area contributed by atoms with Crippen LogP contribution in [0.4, 0.5) is 0 Å². The van der Waals surface area contributed by atoms with Crippen LogP contribution in [0.2, 0.25) is 0 Å². The van der Waals surface area contributed by atoms with Crippen molar-refractivity contribution in [3.63, 3.8) is 0 Å². The average molecular weight is 314 g/mol. The second-order valence-corrected chi connectivity index (χ2v) is 5.52. The molecule has 2 atom stereocenters. The Morgan fingerprint density at radius 2 is 1.89 bits per heavy atom. The summed E-state index contributed by atoms with van der Waals surface area (Å²) in [6, 6.07) is 4.42. The monoisotopic (exact) mass is 313 g/mol. The van der Waals surface area contributed by atoms with Crippen LogP contribution in [0.25, 0.3) is 0 Å². The van der Waals surface area contributed by atoms with Gasteiger partial charge in [0.15, 0.2) is 11.5 Å². The van der Waals surface area contributed by atoms with Crippen LogP contribution in [-0.4, -0.2) is 20.3 Å². The molecule has 3 nitrogen and oxygen atoms in total. The van der Waals surface area contributed by atoms with Gasteiger partial charge in [-0.25, -0.2) is 0 Å². The van der Waals surface area contributed by atoms with Gasteiger partial charge in [0, 0.05) is 10.5 Å². The summed E-state index contributed by atoms with van der Waals surface area (Å²) in [7, 11) is 2.00. The van der Waals surface area contributed by atoms with Gasteiger partial charge in [0.2, 0.25) is 0 Å². The van der Waals surface area contributed by atoms with E-state index in [2.05, 4.69) is 41.2 Å². The Morgan fingerprint density at radius 1 is 1.28 bits per heavy atom. The third-order valence-corrected chi connectivity index (χ3v) is 4.21. The molecule has 1 heterocycles. The van der Waals surface area contributed by atoms with Gasteiger partial charge in [-0.15, -0.1) is 0 Å². The van der Waals surface area contributed by atoms with E-state index in [1.807, 2.05) is 13.1 Å². The summed E-state index contributed by atoms with van der Waals surface area (Å²) in [6.45, 7) is 5.71. The fourth-order valence-corrected chi connectivity index (χ4v) is 2.87. The first-order valence-corrected chi connectivity index (χ1v) is 7.23. The van der Waals surface area contributed by atoms with E-state index in [-0.39, 0.29) is 0 Å². The number of halogens is 1. The number of hydrogen-bond donors (Lipinski definition) is 1. The van der Waals surface area contributed by atoms with Crippen molar-refractivity contribution in [2.75, 3.05) is 20.3 Å². The van der Waals surface area contributed by atoms with E-state index < -0.39 is 0 Å². The van der Waals surface area contributed by atoms with Crippen LogP contribution in [0, 0.1) is 5.92 Å². The number of hydrogen-bond acceptors (Lipinski definition) is 3. The third-order valence-electron chi connectivity index (χ3n) is 3.52. The minimum Gasteiger partial charge on any atom is -0.486 e. The van der Waals surface area contributed by atoms with Crippen molar-refractivity contribution < 1.29 is 9.47 Å². The van der Waals surface area contributed by atoms with Gasteiger partial charge in [-0.3, -0.25) is 0 Å². The molecule has 0 bridgehead atoms. The van der Waals surface area contributed by atoms with Crippen molar-refractivity contribution in [2.45, 2.75) is 26.3 Å². The zero-order chi connectivity index (χ0) is 13.1. The lowest BCUT2D eigenvalue weighted by Gasteiger charge is -2.26. The maximum atomic E-state index is 5.65. The van der Waals surface area contributed by atoms with E-state index in [9.17, 15) is 0 Å². The van der Waals surface area contributed by atoms with Gasteiger partial charge in [0.25, 0.3) is 0 Å². The number of rotatable bonds is 4. The summed E-state index contributed by atoms with van der Waals surface area (Å²) in [6.07, 6.45) is 1.13. The van der Waals surface area contributed by atoms with Gasteiger partial charge >= 0.3 is 0 Å². The van der Waals surface area contributed by atoms with Crippen molar-refractivity contribution >= 4 is 15.9 Å². The molecular formula is C14H20BrNO2. The molecule has 0 radical (unpaired) electrons. The molecule has 2 unspecified atom stereocenters. The number of ether oxygens (including phenoxy) is 2. The van der Waals surface area contributed by atoms with Crippen LogP contribution in [-0.2, 0) is 0 Å². The highest BCUT2D eigenvalue weighted by Gasteiger charge is 2.22. The van der Waals surface area contributed by atoms with Crippen molar-refractivity contribution in [2.24, 2.45) is 5.92 Å². The first kappa shape index (κ1) is 13.7. The Kier molecular flexibility index (Phi) is 4.51. The van der Waals surface area contributed by atoms with E-state index in [1.165, 1.54) is 5.56 Å². The maximum absolute atomic E-state index is 5.65. The molecule has 1 aliphatic rings. The zero-order valence-electron chi connectivity index (χ0n) is 11.1. The molecule has 0 amide bonds. The number of nitrogens with one attached hydrogen (secondary N) is 1. The van der Waals surface area contributed by atoms with E-state index in [4.69, 9.17) is 9.47 Å². The van der Waals surface area contributed by atoms with Crippen molar-refractivity contribution in [1.29, 1.82) is 0 Å². The van der Waals surface area contributed by atoms with Crippen molar-refractivity contribution in [3.05, 3.63) is 22.2 Å². The summed E-state index contributed by atoms with van der Waals surface area (Å²) >= 11 is 3.64. The van der Waals surface area contributed by atoms with Gasteiger partial charge in [-0.05, 0) is 30.7 Å². The topological polar surface area (TPSA) is 30.5 Å². The van der Waals surface area contributed by atoms with Crippen LogP contribution >= 0.6 is 15.9 Å². The highest BCUT2D eigenvalue weighted by Crippen LogP contribution is 2.39. The lowest BCUT2D eigenvalue weighted by molar-refractivity contribution is 0.171. The van der Waals surface area contributed by atoms with E-state index >= 15 is 0 Å². The molecule has 1 aromatic rings. The van der Waals surface area contributed by atoms with Gasteiger partial charge in [-0.2, -0.15) is 0 Å². The second kappa shape index (κ2) is 5.93. The summed E-state index contributed by atoms with van der Waals surface area (Å²) in [5.41, 5.74) is 1.23. The Hall–Kier alpha value is -0.740. The average Bonchev–Trinajstić information content (AvgIpc) is 2.39. The summed E-state index contributed by atoms with van der Waals surface area (Å²) < 4.78 is 12.3. The normalized spacial score (nSPS) is 17.3. The fraction of sp³-hybridized carbons (Fsp3) is 0.571. The SMILES string of the molecule is CCC(C)C(NC)c1cc2c(cc1Br)OCCO2. The number of fused-ring (bicyclic) bond motifs is 1. The smallest absolute Gasteiger partial charge is 0.162 e. The second-order valence-electron chi connectivity index (χ2n) is 4.67. The molecule has 4 heteroatoms. The van der Waals surface area contributed by atoms with Crippen LogP contribution < -0.4 is 14.8 Å².